The van der Waals surface area contributed by atoms with Gasteiger partial charge in [0.2, 0.25) is 11.9 Å². The molecule has 9 nitrogen and oxygen atoms in total. The molecule has 1 amide bonds. The number of benzene rings is 1. The van der Waals surface area contributed by atoms with E-state index in [1.807, 2.05) is 47.4 Å². The van der Waals surface area contributed by atoms with Crippen molar-refractivity contribution in [2.75, 3.05) is 36.5 Å². The van der Waals surface area contributed by atoms with Gasteiger partial charge in [-0.3, -0.25) is 14.6 Å². The SMILES string of the molecule is N#CC1C(=O)Nc2nc(N3CCC4(CC3)OCCO4)[nH]c(=O)c2C1/C=C/c1ccccc1. The largest absolute Gasteiger partial charge is 0.347 e. The normalized spacial score (nSPS) is 24.3. The molecule has 2 saturated heterocycles. The Morgan fingerprint density at radius 1 is 1.16 bits per heavy atom. The predicted octanol–water partition coefficient (Wildman–Crippen LogP) is 2.00. The second-order valence-corrected chi connectivity index (χ2v) is 8.14. The van der Waals surface area contributed by atoms with Crippen molar-refractivity contribution >= 4 is 23.7 Å². The number of allylic oxidation sites excluding steroid dienone is 1. The number of hydrogen-bond donors (Lipinski definition) is 2. The van der Waals surface area contributed by atoms with Gasteiger partial charge in [0.15, 0.2) is 5.79 Å². The number of rotatable bonds is 3. The minimum Gasteiger partial charge on any atom is -0.347 e. The van der Waals surface area contributed by atoms with Gasteiger partial charge in [-0.05, 0) is 5.56 Å². The highest BCUT2D eigenvalue weighted by Crippen LogP contribution is 2.36. The third-order valence-electron chi connectivity index (χ3n) is 6.23. The smallest absolute Gasteiger partial charge is 0.258 e. The topological polar surface area (TPSA) is 120 Å². The summed E-state index contributed by atoms with van der Waals surface area (Å²) in [5.74, 6) is -2.11. The molecule has 2 N–H and O–H groups in total. The predicted molar refractivity (Wildman–Crippen MR) is 117 cm³/mol. The van der Waals surface area contributed by atoms with Crippen molar-refractivity contribution in [1.82, 2.24) is 9.97 Å². The van der Waals surface area contributed by atoms with Crippen LogP contribution in [-0.4, -0.2) is 48.0 Å². The van der Waals surface area contributed by atoms with Gasteiger partial charge in [-0.15, -0.1) is 0 Å². The zero-order valence-corrected chi connectivity index (χ0v) is 17.4. The number of nitrogens with zero attached hydrogens (tertiary/aromatic N) is 3. The van der Waals surface area contributed by atoms with Gasteiger partial charge >= 0.3 is 0 Å². The fourth-order valence-electron chi connectivity index (χ4n) is 4.52. The number of piperidine rings is 1. The summed E-state index contributed by atoms with van der Waals surface area (Å²) < 4.78 is 11.5. The lowest BCUT2D eigenvalue weighted by atomic mass is 9.83. The van der Waals surface area contributed by atoms with Crippen LogP contribution < -0.4 is 15.8 Å². The van der Waals surface area contributed by atoms with Crippen molar-refractivity contribution in [2.24, 2.45) is 5.92 Å². The number of anilines is 2. The minimum atomic E-state index is -1.01. The van der Waals surface area contributed by atoms with Crippen molar-refractivity contribution < 1.29 is 14.3 Å². The second-order valence-electron chi connectivity index (χ2n) is 8.14. The molecular weight excluding hydrogens is 410 g/mol. The summed E-state index contributed by atoms with van der Waals surface area (Å²) in [7, 11) is 0. The van der Waals surface area contributed by atoms with Gasteiger partial charge in [0, 0.05) is 31.8 Å². The summed E-state index contributed by atoms with van der Waals surface area (Å²) in [6, 6.07) is 11.6. The number of ether oxygens (including phenoxy) is 2. The third-order valence-corrected chi connectivity index (χ3v) is 6.23. The van der Waals surface area contributed by atoms with E-state index in [0.717, 1.165) is 5.56 Å². The maximum absolute atomic E-state index is 13.1. The highest BCUT2D eigenvalue weighted by atomic mass is 16.7. The average molecular weight is 433 g/mol. The lowest BCUT2D eigenvalue weighted by molar-refractivity contribution is -0.169. The Labute approximate surface area is 184 Å². The number of H-pyrrole nitrogens is 1. The molecule has 0 bridgehead atoms. The first-order valence-corrected chi connectivity index (χ1v) is 10.7. The number of hydrogen-bond acceptors (Lipinski definition) is 7. The van der Waals surface area contributed by atoms with Crippen LogP contribution in [0, 0.1) is 17.2 Å². The maximum Gasteiger partial charge on any atom is 0.258 e. The molecule has 164 valence electrons. The average Bonchev–Trinajstić information content (AvgIpc) is 3.26. The van der Waals surface area contributed by atoms with Gasteiger partial charge in [0.25, 0.3) is 5.56 Å². The molecule has 1 aromatic carbocycles. The Hall–Kier alpha value is -3.48. The first-order valence-electron chi connectivity index (χ1n) is 10.7. The highest BCUT2D eigenvalue weighted by Gasteiger charge is 2.41. The van der Waals surface area contributed by atoms with Crippen molar-refractivity contribution in [3.05, 3.63) is 57.9 Å². The molecule has 2 atom stereocenters. The molecule has 1 spiro atoms. The van der Waals surface area contributed by atoms with Crippen LogP contribution in [-0.2, 0) is 14.3 Å². The molecule has 3 aliphatic heterocycles. The number of aromatic amines is 1. The quantitative estimate of drug-likeness (QED) is 0.760. The van der Waals surface area contributed by atoms with Crippen LogP contribution in [0.5, 0.6) is 0 Å². The van der Waals surface area contributed by atoms with E-state index in [1.54, 1.807) is 6.08 Å². The van der Waals surface area contributed by atoms with Gasteiger partial charge in [0.05, 0.1) is 24.8 Å². The van der Waals surface area contributed by atoms with Gasteiger partial charge in [0.1, 0.15) is 11.7 Å². The molecule has 2 fully saturated rings. The summed E-state index contributed by atoms with van der Waals surface area (Å²) >= 11 is 0. The van der Waals surface area contributed by atoms with E-state index in [2.05, 4.69) is 15.3 Å². The van der Waals surface area contributed by atoms with Gasteiger partial charge in [-0.1, -0.05) is 42.5 Å². The first kappa shape index (κ1) is 20.4. The van der Waals surface area contributed by atoms with Gasteiger partial charge < -0.3 is 19.7 Å². The molecule has 0 radical (unpaired) electrons. The Kier molecular flexibility index (Phi) is 5.25. The van der Waals surface area contributed by atoms with Crippen molar-refractivity contribution in [2.45, 2.75) is 24.5 Å². The summed E-state index contributed by atoms with van der Waals surface area (Å²) in [5.41, 5.74) is 0.848. The van der Waals surface area contributed by atoms with Gasteiger partial charge in [-0.2, -0.15) is 10.2 Å². The zero-order valence-electron chi connectivity index (χ0n) is 17.4. The third kappa shape index (κ3) is 3.68. The van der Waals surface area contributed by atoms with E-state index in [0.29, 0.717) is 50.7 Å². The Balaban J connectivity index is 1.45. The van der Waals surface area contributed by atoms with E-state index >= 15 is 0 Å². The number of nitriles is 1. The van der Waals surface area contributed by atoms with Crippen LogP contribution in [0.2, 0.25) is 0 Å². The molecule has 0 saturated carbocycles. The molecule has 2 aromatic rings. The van der Waals surface area contributed by atoms with Crippen molar-refractivity contribution in [3.63, 3.8) is 0 Å². The number of fused-ring (bicyclic) bond motifs is 1. The van der Waals surface area contributed by atoms with Crippen LogP contribution in [0.3, 0.4) is 0 Å². The van der Waals surface area contributed by atoms with E-state index in [1.165, 1.54) is 0 Å². The molecule has 1 aromatic heterocycles. The Bertz CT molecular complexity index is 1140. The molecule has 0 aliphatic carbocycles. The molecular formula is C23H23N5O4. The lowest BCUT2D eigenvalue weighted by Crippen LogP contribution is -2.46. The number of carbonyl (C=O) groups is 1. The molecule has 9 heteroatoms. The maximum atomic E-state index is 13.1. The highest BCUT2D eigenvalue weighted by molar-refractivity contribution is 5.97. The number of carbonyl (C=O) groups excluding carboxylic acids is 1. The lowest BCUT2D eigenvalue weighted by Gasteiger charge is -2.38. The fraction of sp³-hybridized carbons (Fsp3) is 0.391. The summed E-state index contributed by atoms with van der Waals surface area (Å²) in [5, 5.41) is 12.3. The van der Waals surface area contributed by atoms with Crippen LogP contribution in [0.4, 0.5) is 11.8 Å². The number of aromatic nitrogens is 2. The van der Waals surface area contributed by atoms with Crippen LogP contribution in [0.15, 0.2) is 41.2 Å². The van der Waals surface area contributed by atoms with Crippen LogP contribution in [0.25, 0.3) is 6.08 Å². The van der Waals surface area contributed by atoms with Crippen LogP contribution >= 0.6 is 0 Å². The van der Waals surface area contributed by atoms with E-state index in [9.17, 15) is 14.9 Å². The summed E-state index contributed by atoms with van der Waals surface area (Å²) in [6.07, 6.45) is 4.88. The molecule has 3 aliphatic rings. The summed E-state index contributed by atoms with van der Waals surface area (Å²) in [6.45, 7) is 2.40. The second kappa shape index (κ2) is 8.22. The monoisotopic (exact) mass is 433 g/mol. The molecule has 2 unspecified atom stereocenters. The zero-order chi connectivity index (χ0) is 22.1. The number of amides is 1. The Morgan fingerprint density at radius 2 is 1.88 bits per heavy atom. The van der Waals surface area contributed by atoms with Crippen LogP contribution in [0.1, 0.15) is 29.9 Å². The van der Waals surface area contributed by atoms with E-state index in [4.69, 9.17) is 9.47 Å². The first-order chi connectivity index (χ1) is 15.6. The Morgan fingerprint density at radius 3 is 2.56 bits per heavy atom. The van der Waals surface area contributed by atoms with E-state index < -0.39 is 23.5 Å². The van der Waals surface area contributed by atoms with Gasteiger partial charge in [-0.25, -0.2) is 0 Å². The van der Waals surface area contributed by atoms with Crippen molar-refractivity contribution in [1.29, 1.82) is 5.26 Å². The molecule has 32 heavy (non-hydrogen) atoms. The number of nitrogens with one attached hydrogen (secondary N) is 2. The van der Waals surface area contributed by atoms with Crippen molar-refractivity contribution in [3.8, 4) is 6.07 Å². The standard InChI is InChI=1S/C23H23N5O4/c24-14-17-16(7-6-15-4-2-1-3-5-15)18-19(25-20(17)29)26-22(27-21(18)30)28-10-8-23(9-11-28)31-12-13-32-23/h1-7,16-17H,8-13H2,(H2,25,26,27,29,30)/b7-6+. The molecule has 4 heterocycles. The van der Waals surface area contributed by atoms with E-state index in [-0.39, 0.29) is 11.4 Å². The minimum absolute atomic E-state index is 0.205. The molecule has 5 rings (SSSR count). The summed E-state index contributed by atoms with van der Waals surface area (Å²) in [4.78, 5) is 35.1. The fourth-order valence-corrected chi connectivity index (χ4v) is 4.52.